The van der Waals surface area contributed by atoms with Crippen LogP contribution in [0.2, 0.25) is 0 Å². The molecule has 3 N–H and O–H groups in total. The molecule has 0 aromatic carbocycles. The first-order valence-electron chi connectivity index (χ1n) is 8.27. The lowest BCUT2D eigenvalue weighted by Gasteiger charge is -2.36. The fourth-order valence-electron chi connectivity index (χ4n) is 2.69. The Hall–Kier alpha value is -2.38. The molecule has 0 atom stereocenters. The number of carboxylic acid groups (broad SMARTS) is 1. The number of carbonyl (C=O) groups excluding carboxylic acids is 1. The number of halogens is 1. The summed E-state index contributed by atoms with van der Waals surface area (Å²) in [4.78, 5) is 26.3. The van der Waals surface area contributed by atoms with E-state index >= 15 is 0 Å². The standard InChI is InChI=1S/C17H24FN3O4/c1-17(2,3)25-16(24)19-7-6-10-8-11(9-10)20-14-12(15(22)23)4-5-13(18)21-14/h4-5,10-11H,6-9H2,1-3H3,(H,19,24)(H,20,21)(H,22,23). The molecule has 1 fully saturated rings. The third-order valence-corrected chi connectivity index (χ3v) is 3.89. The maximum absolute atomic E-state index is 13.2. The molecule has 0 saturated heterocycles. The van der Waals surface area contributed by atoms with Gasteiger partial charge in [0, 0.05) is 12.6 Å². The fraction of sp³-hybridized carbons (Fsp3) is 0.588. The highest BCUT2D eigenvalue weighted by molar-refractivity contribution is 5.93. The van der Waals surface area contributed by atoms with Crippen molar-refractivity contribution in [2.24, 2.45) is 5.92 Å². The molecule has 8 heteroatoms. The Kier molecular flexibility index (Phi) is 5.81. The first-order chi connectivity index (χ1) is 11.6. The molecule has 1 aliphatic carbocycles. The van der Waals surface area contributed by atoms with Crippen molar-refractivity contribution >= 4 is 17.9 Å². The van der Waals surface area contributed by atoms with Crippen molar-refractivity contribution in [3.05, 3.63) is 23.6 Å². The van der Waals surface area contributed by atoms with Gasteiger partial charge in [0.1, 0.15) is 17.0 Å². The predicted octanol–water partition coefficient (Wildman–Crippen LogP) is 3.02. The number of hydrogen-bond donors (Lipinski definition) is 3. The molecule has 7 nitrogen and oxygen atoms in total. The van der Waals surface area contributed by atoms with Gasteiger partial charge in [0.25, 0.3) is 0 Å². The Balaban J connectivity index is 1.72. The number of alkyl carbamates (subject to hydrolysis) is 1. The zero-order valence-corrected chi connectivity index (χ0v) is 14.6. The van der Waals surface area contributed by atoms with Gasteiger partial charge < -0.3 is 20.5 Å². The first-order valence-corrected chi connectivity index (χ1v) is 8.27. The minimum atomic E-state index is -1.15. The summed E-state index contributed by atoms with van der Waals surface area (Å²) in [5, 5.41) is 14.8. The lowest BCUT2D eigenvalue weighted by atomic mass is 9.78. The average Bonchev–Trinajstić information content (AvgIpc) is 2.42. The van der Waals surface area contributed by atoms with Crippen LogP contribution < -0.4 is 10.6 Å². The summed E-state index contributed by atoms with van der Waals surface area (Å²) >= 11 is 0. The molecular weight excluding hydrogens is 329 g/mol. The highest BCUT2D eigenvalue weighted by Gasteiger charge is 2.30. The van der Waals surface area contributed by atoms with Gasteiger partial charge >= 0.3 is 12.1 Å². The smallest absolute Gasteiger partial charge is 0.407 e. The number of anilines is 1. The van der Waals surface area contributed by atoms with Crippen LogP contribution in [0.25, 0.3) is 0 Å². The molecule has 0 aliphatic heterocycles. The number of carboxylic acids is 1. The Bertz CT molecular complexity index is 639. The quantitative estimate of drug-likeness (QED) is 0.680. The molecule has 1 amide bonds. The van der Waals surface area contributed by atoms with Crippen LogP contribution in [0.1, 0.15) is 50.4 Å². The minimum absolute atomic E-state index is 0.0450. The van der Waals surface area contributed by atoms with Crippen molar-refractivity contribution in [1.82, 2.24) is 10.3 Å². The minimum Gasteiger partial charge on any atom is -0.478 e. The molecule has 1 saturated carbocycles. The van der Waals surface area contributed by atoms with Crippen LogP contribution in [0, 0.1) is 11.9 Å². The van der Waals surface area contributed by atoms with Crippen molar-refractivity contribution < 1.29 is 23.8 Å². The van der Waals surface area contributed by atoms with Crippen molar-refractivity contribution in [2.45, 2.75) is 51.7 Å². The highest BCUT2D eigenvalue weighted by Crippen LogP contribution is 2.32. The van der Waals surface area contributed by atoms with E-state index in [1.165, 1.54) is 6.07 Å². The van der Waals surface area contributed by atoms with E-state index in [9.17, 15) is 14.0 Å². The lowest BCUT2D eigenvalue weighted by Crippen LogP contribution is -2.39. The van der Waals surface area contributed by atoms with Crippen molar-refractivity contribution in [3.8, 4) is 0 Å². The van der Waals surface area contributed by atoms with Crippen LogP contribution in [0.5, 0.6) is 0 Å². The van der Waals surface area contributed by atoms with E-state index in [4.69, 9.17) is 9.84 Å². The zero-order chi connectivity index (χ0) is 18.6. The van der Waals surface area contributed by atoms with E-state index in [0.717, 1.165) is 25.3 Å². The van der Waals surface area contributed by atoms with Gasteiger partial charge in [0.15, 0.2) is 0 Å². The number of rotatable bonds is 6. The fourth-order valence-corrected chi connectivity index (χ4v) is 2.69. The van der Waals surface area contributed by atoms with E-state index in [0.29, 0.717) is 12.5 Å². The van der Waals surface area contributed by atoms with E-state index in [-0.39, 0.29) is 17.4 Å². The molecule has 1 aromatic rings. The SMILES string of the molecule is CC(C)(C)OC(=O)NCCC1CC(Nc2nc(F)ccc2C(=O)O)C1. The summed E-state index contributed by atoms with van der Waals surface area (Å²) < 4.78 is 18.4. The first kappa shape index (κ1) is 19.0. The number of carbonyl (C=O) groups is 2. The van der Waals surface area contributed by atoms with E-state index in [1.54, 1.807) is 20.8 Å². The summed E-state index contributed by atoms with van der Waals surface area (Å²) in [5.41, 5.74) is -0.563. The Morgan fingerprint density at radius 3 is 2.64 bits per heavy atom. The second kappa shape index (κ2) is 7.67. The van der Waals surface area contributed by atoms with Gasteiger partial charge in [-0.15, -0.1) is 0 Å². The van der Waals surface area contributed by atoms with Gasteiger partial charge in [-0.2, -0.15) is 4.39 Å². The van der Waals surface area contributed by atoms with E-state index < -0.39 is 23.6 Å². The number of nitrogens with one attached hydrogen (secondary N) is 2. The number of nitrogens with zero attached hydrogens (tertiary/aromatic N) is 1. The molecule has 1 heterocycles. The lowest BCUT2D eigenvalue weighted by molar-refractivity contribution is 0.0521. The molecular formula is C17H24FN3O4. The van der Waals surface area contributed by atoms with Crippen LogP contribution >= 0.6 is 0 Å². The van der Waals surface area contributed by atoms with Gasteiger partial charge in [-0.25, -0.2) is 14.6 Å². The number of ether oxygens (including phenoxy) is 1. The van der Waals surface area contributed by atoms with Crippen LogP contribution in [0.4, 0.5) is 15.0 Å². The molecule has 25 heavy (non-hydrogen) atoms. The van der Waals surface area contributed by atoms with Crippen molar-refractivity contribution in [3.63, 3.8) is 0 Å². The normalized spacial score (nSPS) is 19.7. The number of hydrogen-bond acceptors (Lipinski definition) is 5. The molecule has 138 valence electrons. The third kappa shape index (κ3) is 5.88. The molecule has 0 unspecified atom stereocenters. The highest BCUT2D eigenvalue weighted by atomic mass is 19.1. The van der Waals surface area contributed by atoms with Crippen LogP contribution in [-0.4, -0.2) is 40.3 Å². The predicted molar refractivity (Wildman–Crippen MR) is 90.1 cm³/mol. The number of pyridine rings is 1. The molecule has 1 aromatic heterocycles. The molecule has 0 radical (unpaired) electrons. The average molecular weight is 353 g/mol. The number of amides is 1. The third-order valence-electron chi connectivity index (χ3n) is 3.89. The maximum Gasteiger partial charge on any atom is 0.407 e. The Labute approximate surface area is 146 Å². The van der Waals surface area contributed by atoms with Gasteiger partial charge in [-0.3, -0.25) is 0 Å². The van der Waals surface area contributed by atoms with Gasteiger partial charge in [0.05, 0.1) is 0 Å². The second-order valence-electron chi connectivity index (χ2n) is 7.23. The van der Waals surface area contributed by atoms with Crippen LogP contribution in [0.3, 0.4) is 0 Å². The Morgan fingerprint density at radius 1 is 1.36 bits per heavy atom. The topological polar surface area (TPSA) is 101 Å². The molecule has 1 aliphatic rings. The maximum atomic E-state index is 13.2. The summed E-state index contributed by atoms with van der Waals surface area (Å²) in [5.74, 6) is -1.39. The van der Waals surface area contributed by atoms with E-state index in [1.807, 2.05) is 0 Å². The molecule has 0 bridgehead atoms. The molecule has 0 spiro atoms. The van der Waals surface area contributed by atoms with Crippen molar-refractivity contribution in [1.29, 1.82) is 0 Å². The number of aromatic carboxylic acids is 1. The van der Waals surface area contributed by atoms with Crippen LogP contribution in [0.15, 0.2) is 12.1 Å². The van der Waals surface area contributed by atoms with Gasteiger partial charge in [-0.1, -0.05) is 0 Å². The van der Waals surface area contributed by atoms with Gasteiger partial charge in [-0.05, 0) is 58.1 Å². The summed E-state index contributed by atoms with van der Waals surface area (Å²) in [6.07, 6.45) is 2.00. The number of aromatic nitrogens is 1. The summed E-state index contributed by atoms with van der Waals surface area (Å²) in [7, 11) is 0. The van der Waals surface area contributed by atoms with E-state index in [2.05, 4.69) is 15.6 Å². The second-order valence-corrected chi connectivity index (χ2v) is 7.23. The monoisotopic (exact) mass is 353 g/mol. The summed E-state index contributed by atoms with van der Waals surface area (Å²) in [6.45, 7) is 5.94. The zero-order valence-electron chi connectivity index (χ0n) is 14.6. The molecule has 2 rings (SSSR count). The van der Waals surface area contributed by atoms with Gasteiger partial charge in [0.2, 0.25) is 5.95 Å². The summed E-state index contributed by atoms with van der Waals surface area (Å²) in [6, 6.07) is 2.29. The largest absolute Gasteiger partial charge is 0.478 e. The Morgan fingerprint density at radius 2 is 2.04 bits per heavy atom. The van der Waals surface area contributed by atoms with Crippen LogP contribution in [-0.2, 0) is 4.74 Å². The van der Waals surface area contributed by atoms with Crippen molar-refractivity contribution in [2.75, 3.05) is 11.9 Å².